The molecule has 1 unspecified atom stereocenters. The van der Waals surface area contributed by atoms with E-state index in [-0.39, 0.29) is 11.4 Å². The molecule has 3 rings (SSSR count). The summed E-state index contributed by atoms with van der Waals surface area (Å²) < 4.78 is 24.1. The minimum absolute atomic E-state index is 0.0389. The van der Waals surface area contributed by atoms with Gasteiger partial charge in [0.25, 0.3) is 0 Å². The van der Waals surface area contributed by atoms with E-state index in [0.717, 1.165) is 25.1 Å². The number of benzene rings is 1. The van der Waals surface area contributed by atoms with Crippen LogP contribution in [-0.2, 0) is 11.3 Å². The zero-order chi connectivity index (χ0) is 16.3. The summed E-state index contributed by atoms with van der Waals surface area (Å²) in [6.07, 6.45) is 2.79. The van der Waals surface area contributed by atoms with Gasteiger partial charge in [-0.2, -0.15) is 0 Å². The smallest absolute Gasteiger partial charge is 0.219 e. The monoisotopic (exact) mass is 316 g/mol. The van der Waals surface area contributed by atoms with Crippen LogP contribution in [0.15, 0.2) is 42.6 Å². The minimum Gasteiger partial charge on any atom is -0.439 e. The van der Waals surface area contributed by atoms with Crippen LogP contribution in [0, 0.1) is 5.82 Å². The number of pyridine rings is 1. The van der Waals surface area contributed by atoms with E-state index < -0.39 is 0 Å². The number of nitrogens with zero attached hydrogens (tertiary/aromatic N) is 1. The van der Waals surface area contributed by atoms with Crippen molar-refractivity contribution in [2.75, 3.05) is 6.61 Å². The van der Waals surface area contributed by atoms with Crippen molar-refractivity contribution in [2.45, 2.75) is 38.5 Å². The molecule has 0 amide bonds. The Hall–Kier alpha value is -1.98. The van der Waals surface area contributed by atoms with Crippen LogP contribution in [-0.4, -0.2) is 23.2 Å². The van der Waals surface area contributed by atoms with Gasteiger partial charge in [0.1, 0.15) is 11.6 Å². The van der Waals surface area contributed by atoms with Crippen molar-refractivity contribution in [1.82, 2.24) is 10.3 Å². The molecule has 0 spiro atoms. The van der Waals surface area contributed by atoms with Crippen molar-refractivity contribution in [3.8, 4) is 11.6 Å². The summed E-state index contributed by atoms with van der Waals surface area (Å²) in [5, 5.41) is 3.48. The number of nitrogens with one attached hydrogen (secondary N) is 1. The zero-order valence-corrected chi connectivity index (χ0v) is 13.4. The molecule has 23 heavy (non-hydrogen) atoms. The molecule has 1 aliphatic rings. The number of rotatable bonds is 5. The number of ether oxygens (including phenoxy) is 2. The predicted octanol–water partition coefficient (Wildman–Crippen LogP) is 3.67. The Kier molecular flexibility index (Phi) is 4.59. The first kappa shape index (κ1) is 15.9. The Morgan fingerprint density at radius 2 is 2.04 bits per heavy atom. The molecule has 0 saturated carbocycles. The summed E-state index contributed by atoms with van der Waals surface area (Å²) in [5.74, 6) is 0.770. The van der Waals surface area contributed by atoms with Crippen molar-refractivity contribution in [3.63, 3.8) is 0 Å². The van der Waals surface area contributed by atoms with E-state index in [0.29, 0.717) is 17.7 Å². The largest absolute Gasteiger partial charge is 0.439 e. The highest BCUT2D eigenvalue weighted by Gasteiger charge is 2.31. The van der Waals surface area contributed by atoms with Gasteiger partial charge in [0.15, 0.2) is 0 Å². The SMILES string of the molecule is CC1(C)CC(NCc2ccc(Oc3ccc(F)cc3)nc2)CO1. The molecule has 1 saturated heterocycles. The van der Waals surface area contributed by atoms with Crippen molar-refractivity contribution < 1.29 is 13.9 Å². The molecule has 1 aliphatic heterocycles. The molecule has 1 N–H and O–H groups in total. The molecule has 4 nitrogen and oxygen atoms in total. The summed E-state index contributed by atoms with van der Waals surface area (Å²) in [4.78, 5) is 4.28. The second-order valence-electron chi connectivity index (χ2n) is 6.41. The third-order valence-corrected chi connectivity index (χ3v) is 3.84. The van der Waals surface area contributed by atoms with Gasteiger partial charge in [-0.3, -0.25) is 0 Å². The Morgan fingerprint density at radius 1 is 1.26 bits per heavy atom. The van der Waals surface area contributed by atoms with Crippen LogP contribution >= 0.6 is 0 Å². The third-order valence-electron chi connectivity index (χ3n) is 3.84. The molecule has 2 aromatic rings. The molecule has 1 fully saturated rings. The predicted molar refractivity (Wildman–Crippen MR) is 86.0 cm³/mol. The first-order chi connectivity index (χ1) is 11.0. The van der Waals surface area contributed by atoms with Gasteiger partial charge in [-0.1, -0.05) is 6.07 Å². The maximum atomic E-state index is 12.9. The lowest BCUT2D eigenvalue weighted by Crippen LogP contribution is -2.30. The molecule has 0 aliphatic carbocycles. The highest BCUT2D eigenvalue weighted by Crippen LogP contribution is 2.24. The van der Waals surface area contributed by atoms with Crippen molar-refractivity contribution >= 4 is 0 Å². The first-order valence-electron chi connectivity index (χ1n) is 7.76. The van der Waals surface area contributed by atoms with Gasteiger partial charge < -0.3 is 14.8 Å². The summed E-state index contributed by atoms with van der Waals surface area (Å²) in [6.45, 7) is 5.70. The quantitative estimate of drug-likeness (QED) is 0.914. The molecule has 1 aromatic heterocycles. The van der Waals surface area contributed by atoms with Gasteiger partial charge in [-0.25, -0.2) is 9.37 Å². The van der Waals surface area contributed by atoms with Gasteiger partial charge in [0.05, 0.1) is 12.2 Å². The number of aromatic nitrogens is 1. The summed E-state index contributed by atoms with van der Waals surface area (Å²) in [5.41, 5.74) is 1.05. The highest BCUT2D eigenvalue weighted by molar-refractivity contribution is 5.28. The summed E-state index contributed by atoms with van der Waals surface area (Å²) in [7, 11) is 0. The maximum absolute atomic E-state index is 12.9. The van der Waals surface area contributed by atoms with Crippen LogP contribution in [0.2, 0.25) is 0 Å². The molecule has 122 valence electrons. The van der Waals surface area contributed by atoms with Crippen LogP contribution in [0.1, 0.15) is 25.8 Å². The fourth-order valence-electron chi connectivity index (χ4n) is 2.63. The fraction of sp³-hybridized carbons (Fsp3) is 0.389. The maximum Gasteiger partial charge on any atom is 0.219 e. The zero-order valence-electron chi connectivity index (χ0n) is 13.4. The molecule has 2 heterocycles. The Labute approximate surface area is 135 Å². The van der Waals surface area contributed by atoms with Crippen LogP contribution in [0.4, 0.5) is 4.39 Å². The van der Waals surface area contributed by atoms with E-state index in [9.17, 15) is 4.39 Å². The van der Waals surface area contributed by atoms with E-state index in [1.807, 2.05) is 12.1 Å². The number of halogens is 1. The second kappa shape index (κ2) is 6.64. The molecular weight excluding hydrogens is 295 g/mol. The lowest BCUT2D eigenvalue weighted by molar-refractivity contribution is 0.0357. The van der Waals surface area contributed by atoms with E-state index in [4.69, 9.17) is 9.47 Å². The first-order valence-corrected chi connectivity index (χ1v) is 7.76. The molecule has 1 atom stereocenters. The topological polar surface area (TPSA) is 43.4 Å². The van der Waals surface area contributed by atoms with Crippen LogP contribution < -0.4 is 10.1 Å². The molecule has 1 aromatic carbocycles. The molecular formula is C18H21FN2O2. The fourth-order valence-corrected chi connectivity index (χ4v) is 2.63. The van der Waals surface area contributed by atoms with Gasteiger partial charge in [-0.05, 0) is 50.1 Å². The summed E-state index contributed by atoms with van der Waals surface area (Å²) >= 11 is 0. The van der Waals surface area contributed by atoms with E-state index in [1.54, 1.807) is 18.3 Å². The van der Waals surface area contributed by atoms with Crippen molar-refractivity contribution in [2.24, 2.45) is 0 Å². The van der Waals surface area contributed by atoms with E-state index >= 15 is 0 Å². The lowest BCUT2D eigenvalue weighted by Gasteiger charge is -2.16. The van der Waals surface area contributed by atoms with Gasteiger partial charge >= 0.3 is 0 Å². The summed E-state index contributed by atoms with van der Waals surface area (Å²) in [6, 6.07) is 10.0. The molecule has 0 radical (unpaired) electrons. The Morgan fingerprint density at radius 3 is 2.65 bits per heavy atom. The van der Waals surface area contributed by atoms with Crippen LogP contribution in [0.25, 0.3) is 0 Å². The number of hydrogen-bond acceptors (Lipinski definition) is 4. The average Bonchev–Trinajstić information content (AvgIpc) is 2.88. The van der Waals surface area contributed by atoms with Gasteiger partial charge in [0, 0.05) is 24.8 Å². The Bertz CT molecular complexity index is 641. The standard InChI is InChI=1S/C18H21FN2O2/c1-18(2)9-15(12-22-18)20-10-13-3-8-17(21-11-13)23-16-6-4-14(19)5-7-16/h3-8,11,15,20H,9-10,12H2,1-2H3. The van der Waals surface area contributed by atoms with E-state index in [2.05, 4.69) is 24.1 Å². The highest BCUT2D eigenvalue weighted by atomic mass is 19.1. The van der Waals surface area contributed by atoms with Crippen molar-refractivity contribution in [3.05, 3.63) is 54.0 Å². The molecule has 0 bridgehead atoms. The van der Waals surface area contributed by atoms with E-state index in [1.165, 1.54) is 12.1 Å². The van der Waals surface area contributed by atoms with Gasteiger partial charge in [-0.15, -0.1) is 0 Å². The normalized spacial score (nSPS) is 19.7. The molecule has 5 heteroatoms. The Balaban J connectivity index is 1.52. The van der Waals surface area contributed by atoms with Crippen LogP contribution in [0.5, 0.6) is 11.6 Å². The lowest BCUT2D eigenvalue weighted by atomic mass is 10.0. The van der Waals surface area contributed by atoms with Crippen LogP contribution in [0.3, 0.4) is 0 Å². The van der Waals surface area contributed by atoms with Gasteiger partial charge in [0.2, 0.25) is 5.88 Å². The third kappa shape index (κ3) is 4.50. The average molecular weight is 316 g/mol. The second-order valence-corrected chi connectivity index (χ2v) is 6.41. The van der Waals surface area contributed by atoms with Crippen molar-refractivity contribution in [1.29, 1.82) is 0 Å². The number of hydrogen-bond donors (Lipinski definition) is 1. The minimum atomic E-state index is -0.286.